The smallest absolute Gasteiger partial charge is 0.272 e. The van der Waals surface area contributed by atoms with Crippen LogP contribution < -0.4 is 0 Å². The van der Waals surface area contributed by atoms with E-state index < -0.39 is 0 Å². The van der Waals surface area contributed by atoms with Crippen LogP contribution in [0.15, 0.2) is 18.2 Å². The average molecular weight is 225 g/mol. The molecule has 1 aliphatic heterocycles. The Morgan fingerprint density at radius 2 is 2.00 bits per heavy atom. The Kier molecular flexibility index (Phi) is 3.21. The minimum Gasteiger partial charge on any atom is -0.337 e. The highest BCUT2D eigenvalue weighted by molar-refractivity contribution is 6.29. The Bertz CT molecular complexity index is 361. The summed E-state index contributed by atoms with van der Waals surface area (Å²) >= 11 is 5.75. The van der Waals surface area contributed by atoms with Gasteiger partial charge in [-0.1, -0.05) is 17.7 Å². The number of carbonyl (C=O) groups excluding carboxylic acids is 1. The summed E-state index contributed by atoms with van der Waals surface area (Å²) < 4.78 is 0. The van der Waals surface area contributed by atoms with E-state index in [1.54, 1.807) is 18.2 Å². The van der Waals surface area contributed by atoms with E-state index in [1.807, 2.05) is 4.90 Å². The van der Waals surface area contributed by atoms with E-state index in [0.717, 1.165) is 25.9 Å². The molecule has 0 N–H and O–H groups in total. The van der Waals surface area contributed by atoms with Crippen LogP contribution in [0, 0.1) is 0 Å². The predicted molar refractivity (Wildman–Crippen MR) is 59.0 cm³/mol. The summed E-state index contributed by atoms with van der Waals surface area (Å²) in [4.78, 5) is 17.8. The number of amides is 1. The number of likely N-dealkylation sites (tertiary alicyclic amines) is 1. The molecule has 80 valence electrons. The SMILES string of the molecule is O=C(c1cccc(Cl)n1)N1CCCCC1. The van der Waals surface area contributed by atoms with Gasteiger partial charge in [-0.25, -0.2) is 4.98 Å². The summed E-state index contributed by atoms with van der Waals surface area (Å²) in [5.74, 6) is -0.00259. The van der Waals surface area contributed by atoms with Crippen molar-refractivity contribution in [3.63, 3.8) is 0 Å². The minimum absolute atomic E-state index is 0.00259. The van der Waals surface area contributed by atoms with E-state index in [2.05, 4.69) is 4.98 Å². The Labute approximate surface area is 94.1 Å². The maximum atomic E-state index is 12.0. The number of pyridine rings is 1. The first kappa shape index (κ1) is 10.4. The van der Waals surface area contributed by atoms with Crippen molar-refractivity contribution >= 4 is 17.5 Å². The molecule has 1 aromatic rings. The van der Waals surface area contributed by atoms with Gasteiger partial charge in [0.15, 0.2) is 0 Å². The molecule has 0 aromatic carbocycles. The summed E-state index contributed by atoms with van der Waals surface area (Å²) in [5, 5.41) is 0.373. The average Bonchev–Trinajstić information content (AvgIpc) is 2.29. The lowest BCUT2D eigenvalue weighted by molar-refractivity contribution is 0.0718. The van der Waals surface area contributed by atoms with Crippen LogP contribution in [0.25, 0.3) is 0 Å². The van der Waals surface area contributed by atoms with E-state index in [1.165, 1.54) is 6.42 Å². The molecule has 0 aliphatic carbocycles. The molecule has 1 aliphatic rings. The summed E-state index contributed by atoms with van der Waals surface area (Å²) in [7, 11) is 0. The maximum absolute atomic E-state index is 12.0. The predicted octanol–water partition coefficient (Wildman–Crippen LogP) is 2.36. The van der Waals surface area contributed by atoms with Crippen molar-refractivity contribution < 1.29 is 4.79 Å². The first-order valence-corrected chi connectivity index (χ1v) is 5.57. The summed E-state index contributed by atoms with van der Waals surface area (Å²) in [5.41, 5.74) is 0.449. The number of aromatic nitrogens is 1. The third kappa shape index (κ3) is 2.48. The van der Waals surface area contributed by atoms with Crippen molar-refractivity contribution in [2.75, 3.05) is 13.1 Å². The summed E-state index contributed by atoms with van der Waals surface area (Å²) in [6.45, 7) is 1.68. The monoisotopic (exact) mass is 224 g/mol. The second-order valence-electron chi connectivity index (χ2n) is 3.70. The van der Waals surface area contributed by atoms with Crippen LogP contribution in [0.4, 0.5) is 0 Å². The molecule has 2 rings (SSSR count). The van der Waals surface area contributed by atoms with Crippen molar-refractivity contribution in [3.8, 4) is 0 Å². The quantitative estimate of drug-likeness (QED) is 0.687. The number of hydrogen-bond donors (Lipinski definition) is 0. The van der Waals surface area contributed by atoms with Gasteiger partial charge in [-0.3, -0.25) is 4.79 Å². The minimum atomic E-state index is -0.00259. The number of halogens is 1. The standard InChI is InChI=1S/C11H13ClN2O/c12-10-6-4-5-9(13-10)11(15)14-7-2-1-3-8-14/h4-6H,1-3,7-8H2. The summed E-state index contributed by atoms with van der Waals surface area (Å²) in [6, 6.07) is 5.14. The molecule has 1 amide bonds. The van der Waals surface area contributed by atoms with E-state index in [9.17, 15) is 4.79 Å². The molecule has 2 heterocycles. The molecule has 0 spiro atoms. The normalized spacial score (nSPS) is 16.5. The number of hydrogen-bond acceptors (Lipinski definition) is 2. The fraction of sp³-hybridized carbons (Fsp3) is 0.455. The molecular formula is C11H13ClN2O. The molecule has 0 radical (unpaired) electrons. The highest BCUT2D eigenvalue weighted by Crippen LogP contribution is 2.13. The Morgan fingerprint density at radius 1 is 1.27 bits per heavy atom. The van der Waals surface area contributed by atoms with E-state index in [-0.39, 0.29) is 5.91 Å². The number of nitrogens with zero attached hydrogens (tertiary/aromatic N) is 2. The molecule has 0 unspecified atom stereocenters. The lowest BCUT2D eigenvalue weighted by atomic mass is 10.1. The molecule has 1 aromatic heterocycles. The van der Waals surface area contributed by atoms with Crippen LogP contribution in [-0.4, -0.2) is 28.9 Å². The fourth-order valence-electron chi connectivity index (χ4n) is 1.79. The van der Waals surface area contributed by atoms with Gasteiger partial charge in [0.25, 0.3) is 5.91 Å². The first-order valence-electron chi connectivity index (χ1n) is 5.19. The van der Waals surface area contributed by atoms with Gasteiger partial charge in [-0.15, -0.1) is 0 Å². The van der Waals surface area contributed by atoms with Crippen LogP contribution >= 0.6 is 11.6 Å². The van der Waals surface area contributed by atoms with Crippen molar-refractivity contribution in [2.45, 2.75) is 19.3 Å². The van der Waals surface area contributed by atoms with Gasteiger partial charge in [-0.05, 0) is 31.4 Å². The van der Waals surface area contributed by atoms with Gasteiger partial charge in [-0.2, -0.15) is 0 Å². The highest BCUT2D eigenvalue weighted by Gasteiger charge is 2.18. The Morgan fingerprint density at radius 3 is 2.67 bits per heavy atom. The molecule has 0 bridgehead atoms. The molecule has 1 fully saturated rings. The Hall–Kier alpha value is -1.09. The van der Waals surface area contributed by atoms with Crippen LogP contribution in [-0.2, 0) is 0 Å². The van der Waals surface area contributed by atoms with Crippen LogP contribution in [0.2, 0.25) is 5.15 Å². The third-order valence-electron chi connectivity index (χ3n) is 2.58. The highest BCUT2D eigenvalue weighted by atomic mass is 35.5. The molecule has 4 heteroatoms. The van der Waals surface area contributed by atoms with Crippen molar-refractivity contribution in [3.05, 3.63) is 29.0 Å². The van der Waals surface area contributed by atoms with Crippen molar-refractivity contribution in [2.24, 2.45) is 0 Å². The van der Waals surface area contributed by atoms with E-state index in [0.29, 0.717) is 10.8 Å². The van der Waals surface area contributed by atoms with E-state index in [4.69, 9.17) is 11.6 Å². The second-order valence-corrected chi connectivity index (χ2v) is 4.09. The summed E-state index contributed by atoms with van der Waals surface area (Å²) in [6.07, 6.45) is 3.39. The number of rotatable bonds is 1. The molecule has 15 heavy (non-hydrogen) atoms. The molecule has 1 saturated heterocycles. The molecule has 0 atom stereocenters. The first-order chi connectivity index (χ1) is 7.27. The topological polar surface area (TPSA) is 33.2 Å². The molecular weight excluding hydrogens is 212 g/mol. The van der Waals surface area contributed by atoms with Gasteiger partial charge in [0, 0.05) is 13.1 Å². The van der Waals surface area contributed by atoms with Gasteiger partial charge in [0.05, 0.1) is 0 Å². The second kappa shape index (κ2) is 4.62. The zero-order chi connectivity index (χ0) is 10.7. The van der Waals surface area contributed by atoms with Crippen molar-refractivity contribution in [1.82, 2.24) is 9.88 Å². The Balaban J connectivity index is 2.12. The number of piperidine rings is 1. The van der Waals surface area contributed by atoms with Gasteiger partial charge in [0.1, 0.15) is 10.8 Å². The molecule has 0 saturated carbocycles. The van der Waals surface area contributed by atoms with Gasteiger partial charge < -0.3 is 4.90 Å². The van der Waals surface area contributed by atoms with Crippen molar-refractivity contribution in [1.29, 1.82) is 0 Å². The van der Waals surface area contributed by atoms with Crippen LogP contribution in [0.1, 0.15) is 29.8 Å². The fourth-order valence-corrected chi connectivity index (χ4v) is 1.95. The zero-order valence-electron chi connectivity index (χ0n) is 8.45. The van der Waals surface area contributed by atoms with Crippen LogP contribution in [0.3, 0.4) is 0 Å². The maximum Gasteiger partial charge on any atom is 0.272 e. The van der Waals surface area contributed by atoms with Gasteiger partial charge in [0.2, 0.25) is 0 Å². The third-order valence-corrected chi connectivity index (χ3v) is 2.79. The zero-order valence-corrected chi connectivity index (χ0v) is 9.20. The lowest BCUT2D eigenvalue weighted by Gasteiger charge is -2.26. The van der Waals surface area contributed by atoms with Gasteiger partial charge >= 0.3 is 0 Å². The molecule has 3 nitrogen and oxygen atoms in total. The largest absolute Gasteiger partial charge is 0.337 e. The number of carbonyl (C=O) groups is 1. The van der Waals surface area contributed by atoms with Crippen LogP contribution in [0.5, 0.6) is 0 Å². The lowest BCUT2D eigenvalue weighted by Crippen LogP contribution is -2.36. The van der Waals surface area contributed by atoms with E-state index >= 15 is 0 Å².